The Hall–Kier alpha value is -2.86. The number of carbonyl (C=O) groups is 1. The maximum Gasteiger partial charge on any atom is 0.244 e. The summed E-state index contributed by atoms with van der Waals surface area (Å²) in [6.07, 6.45) is 1.07. The van der Waals surface area contributed by atoms with E-state index in [1.807, 2.05) is 29.6 Å². The molecule has 33 heavy (non-hydrogen) atoms. The summed E-state index contributed by atoms with van der Waals surface area (Å²) < 4.78 is 33.8. The first-order valence-electron chi connectivity index (χ1n) is 10.2. The molecule has 1 saturated heterocycles. The molecule has 1 fully saturated rings. The van der Waals surface area contributed by atoms with Gasteiger partial charge < -0.3 is 10.1 Å². The number of aromatic nitrogens is 2. The fourth-order valence-electron chi connectivity index (χ4n) is 3.77. The minimum absolute atomic E-state index is 0.135. The summed E-state index contributed by atoms with van der Waals surface area (Å²) >= 11 is 2.83. The molecule has 0 spiro atoms. The van der Waals surface area contributed by atoms with Gasteiger partial charge in [-0.05, 0) is 49.2 Å². The summed E-state index contributed by atoms with van der Waals surface area (Å²) in [5.74, 6) is 0.187. The number of hydrogen-bond donors (Lipinski definition) is 1. The van der Waals surface area contributed by atoms with Crippen molar-refractivity contribution in [2.24, 2.45) is 0 Å². The van der Waals surface area contributed by atoms with Crippen molar-refractivity contribution in [3.63, 3.8) is 0 Å². The number of anilines is 1. The predicted molar refractivity (Wildman–Crippen MR) is 129 cm³/mol. The summed E-state index contributed by atoms with van der Waals surface area (Å²) in [6, 6.07) is 13.2. The van der Waals surface area contributed by atoms with Crippen LogP contribution in [0.3, 0.4) is 0 Å². The van der Waals surface area contributed by atoms with Gasteiger partial charge in [0.15, 0.2) is 5.13 Å². The van der Waals surface area contributed by atoms with Crippen molar-refractivity contribution in [1.29, 1.82) is 0 Å². The van der Waals surface area contributed by atoms with E-state index >= 15 is 0 Å². The van der Waals surface area contributed by atoms with Gasteiger partial charge in [-0.15, -0.1) is 22.7 Å². The summed E-state index contributed by atoms with van der Waals surface area (Å²) in [5, 5.41) is 5.83. The molecule has 1 amide bonds. The molecule has 11 heteroatoms. The molecule has 2 aromatic heterocycles. The van der Waals surface area contributed by atoms with Crippen molar-refractivity contribution in [2.45, 2.75) is 23.8 Å². The Balaban J connectivity index is 1.33. The number of methoxy groups -OCH3 is 1. The van der Waals surface area contributed by atoms with E-state index in [-0.39, 0.29) is 10.8 Å². The molecule has 1 aliphatic heterocycles. The zero-order valence-corrected chi connectivity index (χ0v) is 20.0. The highest BCUT2D eigenvalue weighted by Crippen LogP contribution is 2.33. The van der Waals surface area contributed by atoms with Crippen molar-refractivity contribution in [2.75, 3.05) is 19.0 Å². The van der Waals surface area contributed by atoms with Crippen LogP contribution in [0, 0.1) is 0 Å². The number of ether oxygens (including phenoxy) is 1. The molecule has 1 N–H and O–H groups in total. The Morgan fingerprint density at radius 2 is 1.94 bits per heavy atom. The molecule has 5 rings (SSSR count). The van der Waals surface area contributed by atoms with Crippen molar-refractivity contribution in [3.8, 4) is 16.5 Å². The van der Waals surface area contributed by atoms with Gasteiger partial charge in [0, 0.05) is 11.9 Å². The largest absolute Gasteiger partial charge is 0.497 e. The lowest BCUT2D eigenvalue weighted by molar-refractivity contribution is -0.119. The van der Waals surface area contributed by atoms with Crippen LogP contribution in [0.2, 0.25) is 0 Å². The quantitative estimate of drug-likeness (QED) is 0.425. The molecule has 1 unspecified atom stereocenters. The number of benzene rings is 2. The first-order valence-corrected chi connectivity index (χ1v) is 13.4. The van der Waals surface area contributed by atoms with Crippen molar-refractivity contribution in [1.82, 2.24) is 14.3 Å². The summed E-state index contributed by atoms with van der Waals surface area (Å²) in [6.45, 7) is 0.293. The van der Waals surface area contributed by atoms with Crippen LogP contribution in [0.1, 0.15) is 12.8 Å². The van der Waals surface area contributed by atoms with E-state index in [1.165, 1.54) is 46.2 Å². The third-order valence-electron chi connectivity index (χ3n) is 5.42. The number of nitrogens with one attached hydrogen (secondary N) is 1. The lowest BCUT2D eigenvalue weighted by Crippen LogP contribution is -2.43. The minimum atomic E-state index is -3.81. The highest BCUT2D eigenvalue weighted by Gasteiger charge is 2.39. The van der Waals surface area contributed by atoms with Gasteiger partial charge in [-0.2, -0.15) is 4.31 Å². The maximum absolute atomic E-state index is 13.2. The standard InChI is InChI=1S/C22H20N4O4S3/c1-30-14-8-10-15(11-9-14)33(28,29)26-12-4-6-18(26)20(27)25-22-24-17(13-31-22)21-23-16-5-2-3-7-19(16)32-21/h2-3,5,7-11,13,18H,4,6,12H2,1H3,(H,24,25,27). The number of thiazole rings is 2. The van der Waals surface area contributed by atoms with Gasteiger partial charge in [-0.1, -0.05) is 12.1 Å². The van der Waals surface area contributed by atoms with E-state index in [2.05, 4.69) is 15.3 Å². The molecular weight excluding hydrogens is 480 g/mol. The second-order valence-electron chi connectivity index (χ2n) is 7.46. The van der Waals surface area contributed by atoms with E-state index in [1.54, 1.807) is 12.1 Å². The smallest absolute Gasteiger partial charge is 0.244 e. The fourth-order valence-corrected chi connectivity index (χ4v) is 7.13. The average molecular weight is 501 g/mol. The lowest BCUT2D eigenvalue weighted by Gasteiger charge is -2.23. The number of hydrogen-bond acceptors (Lipinski definition) is 8. The molecule has 0 radical (unpaired) electrons. The Morgan fingerprint density at radius 1 is 1.15 bits per heavy atom. The van der Waals surface area contributed by atoms with Crippen LogP contribution in [0.15, 0.2) is 58.8 Å². The minimum Gasteiger partial charge on any atom is -0.497 e. The number of fused-ring (bicyclic) bond motifs is 1. The zero-order valence-electron chi connectivity index (χ0n) is 17.6. The van der Waals surface area contributed by atoms with Crippen molar-refractivity contribution >= 4 is 54.0 Å². The number of nitrogens with zero attached hydrogens (tertiary/aromatic N) is 3. The predicted octanol–water partition coefficient (Wildman–Crippen LogP) is 4.22. The van der Waals surface area contributed by atoms with Crippen molar-refractivity contribution in [3.05, 3.63) is 53.9 Å². The zero-order chi connectivity index (χ0) is 23.0. The van der Waals surface area contributed by atoms with Gasteiger partial charge in [-0.25, -0.2) is 18.4 Å². The second kappa shape index (κ2) is 8.82. The maximum atomic E-state index is 13.2. The Bertz CT molecular complexity index is 1380. The molecule has 170 valence electrons. The lowest BCUT2D eigenvalue weighted by atomic mass is 10.2. The second-order valence-corrected chi connectivity index (χ2v) is 11.2. The molecule has 0 bridgehead atoms. The van der Waals surface area contributed by atoms with Crippen LogP contribution in [0.25, 0.3) is 20.9 Å². The first-order chi connectivity index (χ1) is 16.0. The third-order valence-corrected chi connectivity index (χ3v) is 9.16. The van der Waals surface area contributed by atoms with Gasteiger partial charge in [0.05, 0.1) is 22.2 Å². The number of para-hydroxylation sites is 1. The van der Waals surface area contributed by atoms with Gasteiger partial charge >= 0.3 is 0 Å². The van der Waals surface area contributed by atoms with Crippen LogP contribution in [0.4, 0.5) is 5.13 Å². The highest BCUT2D eigenvalue weighted by atomic mass is 32.2. The highest BCUT2D eigenvalue weighted by molar-refractivity contribution is 7.89. The normalized spacial score (nSPS) is 16.8. The van der Waals surface area contributed by atoms with E-state index in [0.717, 1.165) is 15.2 Å². The van der Waals surface area contributed by atoms with E-state index in [0.29, 0.717) is 36.0 Å². The van der Waals surface area contributed by atoms with Gasteiger partial charge in [0.1, 0.15) is 22.5 Å². The Kier molecular flexibility index (Phi) is 5.87. The number of amides is 1. The van der Waals surface area contributed by atoms with Gasteiger partial charge in [0.2, 0.25) is 15.9 Å². The third kappa shape index (κ3) is 4.24. The van der Waals surface area contributed by atoms with Crippen LogP contribution >= 0.6 is 22.7 Å². The first kappa shape index (κ1) is 22.0. The number of carbonyl (C=O) groups excluding carboxylic acids is 1. The number of sulfonamides is 1. The molecule has 4 aromatic rings. The monoisotopic (exact) mass is 500 g/mol. The molecule has 2 aromatic carbocycles. The molecule has 1 atom stereocenters. The van der Waals surface area contributed by atoms with Crippen molar-refractivity contribution < 1.29 is 17.9 Å². The number of rotatable bonds is 6. The van der Waals surface area contributed by atoms with Crippen LogP contribution < -0.4 is 10.1 Å². The molecule has 3 heterocycles. The van der Waals surface area contributed by atoms with E-state index < -0.39 is 16.1 Å². The Morgan fingerprint density at radius 3 is 2.70 bits per heavy atom. The van der Waals surface area contributed by atoms with Crippen LogP contribution in [-0.2, 0) is 14.8 Å². The van der Waals surface area contributed by atoms with Gasteiger partial charge in [0.25, 0.3) is 0 Å². The van der Waals surface area contributed by atoms with Crippen LogP contribution in [0.5, 0.6) is 5.75 Å². The summed E-state index contributed by atoms with van der Waals surface area (Å²) in [4.78, 5) is 22.2. The fraction of sp³-hybridized carbons (Fsp3) is 0.227. The van der Waals surface area contributed by atoms with E-state index in [9.17, 15) is 13.2 Å². The molecule has 1 aliphatic rings. The topological polar surface area (TPSA) is 101 Å². The van der Waals surface area contributed by atoms with Gasteiger partial charge in [-0.3, -0.25) is 4.79 Å². The summed E-state index contributed by atoms with van der Waals surface area (Å²) in [7, 11) is -2.29. The molecule has 0 aliphatic carbocycles. The average Bonchev–Trinajstić information content (AvgIpc) is 3.58. The molecular formula is C22H20N4O4S3. The van der Waals surface area contributed by atoms with E-state index in [4.69, 9.17) is 4.74 Å². The SMILES string of the molecule is COc1ccc(S(=O)(=O)N2CCCC2C(=O)Nc2nc(-c3nc4ccccc4s3)cs2)cc1. The summed E-state index contributed by atoms with van der Waals surface area (Å²) in [5.41, 5.74) is 1.59. The Labute approximate surface area is 198 Å². The van der Waals surface area contributed by atoms with Crippen LogP contribution in [-0.4, -0.2) is 48.3 Å². The molecule has 0 saturated carbocycles. The molecule has 8 nitrogen and oxygen atoms in total.